The summed E-state index contributed by atoms with van der Waals surface area (Å²) < 4.78 is 5.23. The molecular weight excluding hydrogens is 401 g/mol. The minimum absolute atomic E-state index is 0.234. The van der Waals surface area contributed by atoms with Crippen LogP contribution in [0.25, 0.3) is 22.8 Å². The van der Waals surface area contributed by atoms with Crippen molar-refractivity contribution in [3.05, 3.63) is 36.0 Å². The number of aromatic nitrogens is 4. The van der Waals surface area contributed by atoms with Crippen molar-refractivity contribution in [2.45, 2.75) is 12.6 Å². The summed E-state index contributed by atoms with van der Waals surface area (Å²) in [5, 5.41) is 18.0. The highest BCUT2D eigenvalue weighted by Gasteiger charge is 2.21. The largest absolute Gasteiger partial charge is 0.426 e. The maximum atomic E-state index is 10.7. The molecule has 2 aromatic heterocycles. The first-order valence-electron chi connectivity index (χ1n) is 9.77. The molecule has 1 saturated heterocycles. The summed E-state index contributed by atoms with van der Waals surface area (Å²) in [4.78, 5) is 15.3. The Labute approximate surface area is 175 Å². The lowest BCUT2D eigenvalue weighted by atomic mass is 10.1. The Balaban J connectivity index is 1.57. The van der Waals surface area contributed by atoms with Crippen LogP contribution in [0.1, 0.15) is 18.2 Å². The highest BCUT2D eigenvalue weighted by atomic mass is 31.1. The SMILES string of the molecule is C=[P+](C)c1nc(-c2nc(-c3ccc(C(O)N4CCCNCC4)cc3)cnc2N)no1. The van der Waals surface area contributed by atoms with Gasteiger partial charge in [0.05, 0.1) is 18.2 Å². The molecular formula is C20H25N7O2P+. The molecule has 2 unspecified atom stereocenters. The number of anilines is 1. The molecule has 156 valence electrons. The summed E-state index contributed by atoms with van der Waals surface area (Å²) in [6.45, 7) is 5.47. The average molecular weight is 426 g/mol. The van der Waals surface area contributed by atoms with E-state index in [9.17, 15) is 5.11 Å². The number of nitrogens with zero attached hydrogens (tertiary/aromatic N) is 5. The third-order valence-electron chi connectivity index (χ3n) is 4.98. The quantitative estimate of drug-likeness (QED) is 0.516. The van der Waals surface area contributed by atoms with Crippen molar-refractivity contribution >= 4 is 25.3 Å². The van der Waals surface area contributed by atoms with E-state index in [1.54, 1.807) is 6.20 Å². The van der Waals surface area contributed by atoms with Gasteiger partial charge in [0, 0.05) is 25.2 Å². The Hall–Kier alpha value is -2.71. The lowest BCUT2D eigenvalue weighted by molar-refractivity contribution is 0.00622. The molecule has 0 bridgehead atoms. The normalized spacial score (nSPS) is 16.8. The number of hydrogen-bond donors (Lipinski definition) is 3. The second kappa shape index (κ2) is 8.97. The Morgan fingerprint density at radius 3 is 2.77 bits per heavy atom. The van der Waals surface area contributed by atoms with Crippen LogP contribution in [0.3, 0.4) is 0 Å². The summed E-state index contributed by atoms with van der Waals surface area (Å²) in [6, 6.07) is 7.66. The van der Waals surface area contributed by atoms with Gasteiger partial charge in [-0.25, -0.2) is 9.97 Å². The van der Waals surface area contributed by atoms with Crippen molar-refractivity contribution in [3.8, 4) is 22.8 Å². The van der Waals surface area contributed by atoms with E-state index in [1.807, 2.05) is 30.9 Å². The highest BCUT2D eigenvalue weighted by Crippen LogP contribution is 2.26. The molecule has 1 aromatic carbocycles. The fraction of sp³-hybridized carbons (Fsp3) is 0.350. The summed E-state index contributed by atoms with van der Waals surface area (Å²) in [5.74, 6) is 0.536. The fourth-order valence-electron chi connectivity index (χ4n) is 3.32. The minimum Gasteiger partial charge on any atom is -0.382 e. The first-order valence-corrected chi connectivity index (χ1v) is 11.7. The van der Waals surface area contributed by atoms with Gasteiger partial charge in [0.2, 0.25) is 5.82 Å². The Morgan fingerprint density at radius 2 is 2.03 bits per heavy atom. The number of nitrogens with one attached hydrogen (secondary N) is 1. The summed E-state index contributed by atoms with van der Waals surface area (Å²) in [7, 11) is -0.755. The van der Waals surface area contributed by atoms with E-state index in [4.69, 9.17) is 10.3 Å². The maximum absolute atomic E-state index is 10.7. The van der Waals surface area contributed by atoms with Crippen molar-refractivity contribution in [2.75, 3.05) is 38.6 Å². The predicted molar refractivity (Wildman–Crippen MR) is 119 cm³/mol. The molecule has 0 spiro atoms. The molecule has 4 rings (SSSR count). The molecule has 1 aliphatic rings. The number of aliphatic hydroxyl groups is 1. The highest BCUT2D eigenvalue weighted by molar-refractivity contribution is 7.62. The standard InChI is InChI=1S/C20H25N7O2P/c1-30(2)20-25-18(26-29-20)16-17(21)23-12-15(24-16)13-4-6-14(7-5-13)19(28)27-10-3-8-22-9-11-27/h4-7,12,19,22,28H,1,3,8-11H2,2H3,(H2,21,23)/q+1. The number of rotatable bonds is 5. The summed E-state index contributed by atoms with van der Waals surface area (Å²) in [6.07, 6.45) is 5.94. The van der Waals surface area contributed by atoms with Gasteiger partial charge >= 0.3 is 5.63 Å². The van der Waals surface area contributed by atoms with Crippen molar-refractivity contribution in [1.82, 2.24) is 30.3 Å². The van der Waals surface area contributed by atoms with Gasteiger partial charge in [-0.05, 0) is 18.5 Å². The first-order chi connectivity index (χ1) is 14.5. The van der Waals surface area contributed by atoms with Gasteiger partial charge in [-0.15, -0.1) is 4.98 Å². The van der Waals surface area contributed by atoms with Crippen LogP contribution in [0, 0.1) is 0 Å². The Morgan fingerprint density at radius 1 is 1.23 bits per heavy atom. The van der Waals surface area contributed by atoms with Gasteiger partial charge in [-0.3, -0.25) is 9.42 Å². The van der Waals surface area contributed by atoms with Crippen LogP contribution in [0.15, 0.2) is 35.0 Å². The van der Waals surface area contributed by atoms with E-state index in [0.717, 1.165) is 43.7 Å². The number of nitrogen functional groups attached to an aromatic ring is 1. The predicted octanol–water partition coefficient (Wildman–Crippen LogP) is 1.23. The van der Waals surface area contributed by atoms with Gasteiger partial charge in [-0.2, -0.15) is 0 Å². The Kier molecular flexibility index (Phi) is 6.15. The van der Waals surface area contributed by atoms with E-state index in [0.29, 0.717) is 22.8 Å². The molecule has 30 heavy (non-hydrogen) atoms. The molecule has 2 atom stereocenters. The van der Waals surface area contributed by atoms with Crippen LogP contribution < -0.4 is 16.7 Å². The summed E-state index contributed by atoms with van der Waals surface area (Å²) in [5.41, 5.74) is 9.19. The minimum atomic E-state index is -0.755. The van der Waals surface area contributed by atoms with Gasteiger partial charge in [0.1, 0.15) is 12.9 Å². The molecule has 3 aromatic rings. The number of aliphatic hydroxyl groups excluding tert-OH is 1. The third-order valence-corrected chi connectivity index (χ3v) is 5.81. The first kappa shape index (κ1) is 20.6. The van der Waals surface area contributed by atoms with Crippen LogP contribution in [0.5, 0.6) is 0 Å². The molecule has 9 nitrogen and oxygen atoms in total. The molecule has 1 fully saturated rings. The number of nitrogens with two attached hydrogens (primary N) is 1. The molecule has 1 aliphatic heterocycles. The van der Waals surface area contributed by atoms with Gasteiger partial charge in [-0.1, -0.05) is 29.4 Å². The number of hydrogen-bond acceptors (Lipinski definition) is 9. The zero-order valence-corrected chi connectivity index (χ0v) is 17.7. The van der Waals surface area contributed by atoms with Crippen molar-refractivity contribution in [2.24, 2.45) is 0 Å². The van der Waals surface area contributed by atoms with Crippen molar-refractivity contribution < 1.29 is 9.63 Å². The molecule has 0 aliphatic carbocycles. The average Bonchev–Trinajstić information content (AvgIpc) is 3.09. The zero-order chi connectivity index (χ0) is 21.1. The molecule has 4 N–H and O–H groups in total. The maximum Gasteiger partial charge on any atom is 0.426 e. The van der Waals surface area contributed by atoms with E-state index >= 15 is 0 Å². The van der Waals surface area contributed by atoms with Gasteiger partial charge in [0.25, 0.3) is 0 Å². The molecule has 3 heterocycles. The molecule has 0 saturated carbocycles. The molecule has 0 radical (unpaired) electrons. The smallest absolute Gasteiger partial charge is 0.382 e. The number of benzene rings is 1. The second-order valence-corrected chi connectivity index (χ2v) is 9.00. The lowest BCUT2D eigenvalue weighted by Crippen LogP contribution is -2.32. The monoisotopic (exact) mass is 426 g/mol. The van der Waals surface area contributed by atoms with E-state index in [2.05, 4.69) is 36.6 Å². The second-order valence-electron chi connectivity index (χ2n) is 7.22. The fourth-order valence-corrected chi connectivity index (χ4v) is 3.76. The summed E-state index contributed by atoms with van der Waals surface area (Å²) >= 11 is 0. The van der Waals surface area contributed by atoms with Crippen LogP contribution in [-0.2, 0) is 0 Å². The zero-order valence-electron chi connectivity index (χ0n) is 16.8. The van der Waals surface area contributed by atoms with Gasteiger partial charge in [0.15, 0.2) is 19.1 Å². The van der Waals surface area contributed by atoms with E-state index in [-0.39, 0.29) is 5.82 Å². The van der Waals surface area contributed by atoms with Crippen molar-refractivity contribution in [3.63, 3.8) is 0 Å². The van der Waals surface area contributed by atoms with Crippen LogP contribution in [0.2, 0.25) is 0 Å². The lowest BCUT2D eigenvalue weighted by Gasteiger charge is -2.26. The van der Waals surface area contributed by atoms with Crippen LogP contribution in [0.4, 0.5) is 5.82 Å². The van der Waals surface area contributed by atoms with Gasteiger partial charge < -0.3 is 16.2 Å². The molecule has 0 amide bonds. The topological polar surface area (TPSA) is 126 Å². The van der Waals surface area contributed by atoms with Crippen molar-refractivity contribution in [1.29, 1.82) is 0 Å². The van der Waals surface area contributed by atoms with Crippen LogP contribution in [-0.4, -0.2) is 69.3 Å². The third kappa shape index (κ3) is 4.39. The van der Waals surface area contributed by atoms with E-state index in [1.165, 1.54) is 0 Å². The van der Waals surface area contributed by atoms with E-state index < -0.39 is 13.8 Å². The molecule has 10 heteroatoms. The van der Waals surface area contributed by atoms with Crippen LogP contribution >= 0.6 is 7.55 Å². The Bertz CT molecular complexity index is 1030.